The van der Waals surface area contributed by atoms with Gasteiger partial charge in [-0.05, 0) is 62.0 Å². The predicted molar refractivity (Wildman–Crippen MR) is 135 cm³/mol. The molecular formula is C24H32N8. The van der Waals surface area contributed by atoms with E-state index in [0.717, 1.165) is 43.2 Å². The zero-order chi connectivity index (χ0) is 22.7. The number of hydrogen-bond donors (Lipinski definition) is 3. The Morgan fingerprint density at radius 2 is 1.62 bits per heavy atom. The molecule has 8 nitrogen and oxygen atoms in total. The largest absolute Gasteiger partial charge is 0.394 e. The molecular weight excluding hydrogens is 400 g/mol. The van der Waals surface area contributed by atoms with Gasteiger partial charge in [0.1, 0.15) is 0 Å². The second kappa shape index (κ2) is 9.32. The minimum atomic E-state index is 0.494. The van der Waals surface area contributed by atoms with Crippen molar-refractivity contribution in [2.75, 3.05) is 73.5 Å². The summed E-state index contributed by atoms with van der Waals surface area (Å²) in [5.41, 5.74) is 12.1. The van der Waals surface area contributed by atoms with Crippen LogP contribution in [0.1, 0.15) is 5.56 Å². The first-order valence-corrected chi connectivity index (χ1v) is 10.9. The Labute approximate surface area is 190 Å². The molecule has 0 bridgehead atoms. The number of rotatable bonds is 6. The number of nitrogens with two attached hydrogens (primary N) is 1. The summed E-state index contributed by atoms with van der Waals surface area (Å²) in [7, 11) is 6.20. The number of benzene rings is 2. The number of aryl methyl sites for hydroxylation is 1. The highest BCUT2D eigenvalue weighted by atomic mass is 15.2. The molecule has 8 heteroatoms. The first kappa shape index (κ1) is 21.7. The number of nitrogens with one attached hydrogen (secondary N) is 2. The third kappa shape index (κ3) is 5.03. The summed E-state index contributed by atoms with van der Waals surface area (Å²) in [6.45, 7) is 6.43. The van der Waals surface area contributed by atoms with Crippen LogP contribution in [0.5, 0.6) is 0 Å². The molecule has 1 aliphatic rings. The standard InChI is InChI=1S/C24H32N8/c1-17-15-19(7-10-22(17)32-13-11-31(4)12-14-32)28-24-26-16-21(25)23(29-24)27-18-5-8-20(9-6-18)30(2)3/h5-10,15-16H,11-14,25H2,1-4H3,(H2,26,27,28,29). The molecule has 1 saturated heterocycles. The Balaban J connectivity index is 1.47. The normalized spacial score (nSPS) is 14.3. The van der Waals surface area contributed by atoms with Gasteiger partial charge in [0.15, 0.2) is 5.82 Å². The minimum Gasteiger partial charge on any atom is -0.394 e. The predicted octanol–water partition coefficient (Wildman–Crippen LogP) is 3.67. The average molecular weight is 433 g/mol. The number of anilines is 7. The maximum Gasteiger partial charge on any atom is 0.229 e. The first-order chi connectivity index (χ1) is 15.4. The molecule has 32 heavy (non-hydrogen) atoms. The fourth-order valence-electron chi connectivity index (χ4n) is 3.80. The molecule has 4 rings (SSSR count). The van der Waals surface area contributed by atoms with Crippen LogP contribution in [0.3, 0.4) is 0 Å². The molecule has 0 spiro atoms. The quantitative estimate of drug-likeness (QED) is 0.544. The Morgan fingerprint density at radius 3 is 2.28 bits per heavy atom. The lowest BCUT2D eigenvalue weighted by molar-refractivity contribution is 0.312. The number of piperazine rings is 1. The number of likely N-dealkylation sites (N-methyl/N-ethyl adjacent to an activating group) is 1. The third-order valence-corrected chi connectivity index (χ3v) is 5.76. The van der Waals surface area contributed by atoms with E-state index in [2.05, 4.69) is 67.5 Å². The molecule has 3 aromatic rings. The zero-order valence-electron chi connectivity index (χ0n) is 19.3. The topological polar surface area (TPSA) is 85.6 Å². The summed E-state index contributed by atoms with van der Waals surface area (Å²) in [4.78, 5) is 15.8. The van der Waals surface area contributed by atoms with Crippen LogP contribution < -0.4 is 26.2 Å². The second-order valence-electron chi connectivity index (χ2n) is 8.48. The van der Waals surface area contributed by atoms with E-state index in [9.17, 15) is 0 Å². The molecule has 0 unspecified atom stereocenters. The molecule has 0 saturated carbocycles. The van der Waals surface area contributed by atoms with Gasteiger partial charge in [0.05, 0.1) is 11.9 Å². The molecule has 0 amide bonds. The molecule has 1 aromatic heterocycles. The Kier molecular flexibility index (Phi) is 6.32. The van der Waals surface area contributed by atoms with Crippen molar-refractivity contribution >= 4 is 40.2 Å². The van der Waals surface area contributed by atoms with E-state index in [4.69, 9.17) is 5.73 Å². The SMILES string of the molecule is Cc1cc(Nc2ncc(N)c(Nc3ccc(N(C)C)cc3)n2)ccc1N1CCN(C)CC1. The monoisotopic (exact) mass is 432 g/mol. The highest BCUT2D eigenvalue weighted by molar-refractivity contribution is 5.71. The Hall–Kier alpha value is -3.52. The van der Waals surface area contributed by atoms with E-state index in [1.165, 1.54) is 11.3 Å². The van der Waals surface area contributed by atoms with E-state index < -0.39 is 0 Å². The van der Waals surface area contributed by atoms with Crippen molar-refractivity contribution in [1.82, 2.24) is 14.9 Å². The number of nitrogens with zero attached hydrogens (tertiary/aromatic N) is 5. The molecule has 0 aliphatic carbocycles. The smallest absolute Gasteiger partial charge is 0.229 e. The van der Waals surface area contributed by atoms with Crippen molar-refractivity contribution in [3.05, 3.63) is 54.2 Å². The lowest BCUT2D eigenvalue weighted by Gasteiger charge is -2.35. The van der Waals surface area contributed by atoms with Gasteiger partial charge in [-0.1, -0.05) is 0 Å². The molecule has 1 aliphatic heterocycles. The lowest BCUT2D eigenvalue weighted by Crippen LogP contribution is -2.44. The fraction of sp³-hybridized carbons (Fsp3) is 0.333. The summed E-state index contributed by atoms with van der Waals surface area (Å²) in [5.74, 6) is 1.07. The van der Waals surface area contributed by atoms with Gasteiger partial charge in [-0.2, -0.15) is 4.98 Å². The van der Waals surface area contributed by atoms with Gasteiger partial charge in [0.25, 0.3) is 0 Å². The van der Waals surface area contributed by atoms with Crippen LogP contribution in [-0.4, -0.2) is 62.2 Å². The van der Waals surface area contributed by atoms with Gasteiger partial charge >= 0.3 is 0 Å². The van der Waals surface area contributed by atoms with E-state index in [-0.39, 0.29) is 0 Å². The van der Waals surface area contributed by atoms with Crippen LogP contribution in [0, 0.1) is 6.92 Å². The summed E-state index contributed by atoms with van der Waals surface area (Å²) < 4.78 is 0. The number of hydrogen-bond acceptors (Lipinski definition) is 8. The third-order valence-electron chi connectivity index (χ3n) is 5.76. The molecule has 2 aromatic carbocycles. The van der Waals surface area contributed by atoms with Gasteiger partial charge in [-0.15, -0.1) is 0 Å². The van der Waals surface area contributed by atoms with E-state index in [1.54, 1.807) is 6.20 Å². The van der Waals surface area contributed by atoms with Crippen LogP contribution in [0.2, 0.25) is 0 Å². The zero-order valence-corrected chi connectivity index (χ0v) is 19.3. The van der Waals surface area contributed by atoms with E-state index in [0.29, 0.717) is 17.5 Å². The van der Waals surface area contributed by atoms with Gasteiger partial charge < -0.3 is 31.1 Å². The van der Waals surface area contributed by atoms with Gasteiger partial charge in [-0.3, -0.25) is 0 Å². The Bertz CT molecular complexity index is 1060. The van der Waals surface area contributed by atoms with Crippen molar-refractivity contribution in [1.29, 1.82) is 0 Å². The van der Waals surface area contributed by atoms with Crippen LogP contribution >= 0.6 is 0 Å². The van der Waals surface area contributed by atoms with Gasteiger partial charge in [0.2, 0.25) is 5.95 Å². The van der Waals surface area contributed by atoms with Crippen LogP contribution in [0.15, 0.2) is 48.7 Å². The highest BCUT2D eigenvalue weighted by Gasteiger charge is 2.16. The van der Waals surface area contributed by atoms with Crippen molar-refractivity contribution in [2.24, 2.45) is 0 Å². The molecule has 2 heterocycles. The van der Waals surface area contributed by atoms with Crippen LogP contribution in [0.25, 0.3) is 0 Å². The second-order valence-corrected chi connectivity index (χ2v) is 8.48. The van der Waals surface area contributed by atoms with Crippen molar-refractivity contribution in [3.63, 3.8) is 0 Å². The summed E-state index contributed by atoms with van der Waals surface area (Å²) in [6, 6.07) is 14.5. The molecule has 0 atom stereocenters. The number of aromatic nitrogens is 2. The molecule has 0 radical (unpaired) electrons. The summed E-state index contributed by atoms with van der Waals surface area (Å²) in [5, 5.41) is 6.59. The molecule has 4 N–H and O–H groups in total. The van der Waals surface area contributed by atoms with E-state index in [1.807, 2.05) is 38.4 Å². The highest BCUT2D eigenvalue weighted by Crippen LogP contribution is 2.27. The summed E-state index contributed by atoms with van der Waals surface area (Å²) >= 11 is 0. The fourth-order valence-corrected chi connectivity index (χ4v) is 3.80. The van der Waals surface area contributed by atoms with Gasteiger partial charge in [-0.25, -0.2) is 4.98 Å². The average Bonchev–Trinajstić information content (AvgIpc) is 2.77. The molecule has 168 valence electrons. The van der Waals surface area contributed by atoms with Crippen LogP contribution in [0.4, 0.5) is 40.2 Å². The molecule has 1 fully saturated rings. The van der Waals surface area contributed by atoms with Crippen molar-refractivity contribution in [3.8, 4) is 0 Å². The van der Waals surface area contributed by atoms with Crippen molar-refractivity contribution < 1.29 is 0 Å². The maximum absolute atomic E-state index is 6.11. The van der Waals surface area contributed by atoms with Gasteiger partial charge in [0, 0.05) is 63.0 Å². The van der Waals surface area contributed by atoms with E-state index >= 15 is 0 Å². The first-order valence-electron chi connectivity index (χ1n) is 10.9. The van der Waals surface area contributed by atoms with Crippen molar-refractivity contribution in [2.45, 2.75) is 6.92 Å². The summed E-state index contributed by atoms with van der Waals surface area (Å²) in [6.07, 6.45) is 1.62. The number of nitrogen functional groups attached to an aromatic ring is 1. The maximum atomic E-state index is 6.11. The van der Waals surface area contributed by atoms with Crippen LogP contribution in [-0.2, 0) is 0 Å². The minimum absolute atomic E-state index is 0.494. The Morgan fingerprint density at radius 1 is 0.938 bits per heavy atom. The lowest BCUT2D eigenvalue weighted by atomic mass is 10.1.